The summed E-state index contributed by atoms with van der Waals surface area (Å²) in [6.07, 6.45) is 1.83. The van der Waals surface area contributed by atoms with Crippen molar-refractivity contribution < 1.29 is 0 Å². The second-order valence-corrected chi connectivity index (χ2v) is 4.62. The van der Waals surface area contributed by atoms with Crippen LogP contribution in [-0.2, 0) is 6.42 Å². The Balaban J connectivity index is 2.02. The normalized spacial score (nSPS) is 11.8. The third kappa shape index (κ3) is 3.21. The molecule has 0 aromatic heterocycles. The summed E-state index contributed by atoms with van der Waals surface area (Å²) in [6, 6.07) is 21.0. The van der Waals surface area contributed by atoms with Crippen molar-refractivity contribution in [3.63, 3.8) is 0 Å². The van der Waals surface area contributed by atoms with E-state index in [9.17, 15) is 5.26 Å². The molecule has 0 aliphatic heterocycles. The number of nitrogens with zero attached hydrogens (tertiary/aromatic N) is 1. The maximum absolute atomic E-state index is 9.28. The fraction of sp³-hybridized carbons (Fsp3) is 0.235. The smallest absolute Gasteiger partial charge is 0.0715 e. The van der Waals surface area contributed by atoms with Gasteiger partial charge in [-0.15, -0.1) is 0 Å². The van der Waals surface area contributed by atoms with Crippen molar-refractivity contribution in [3.8, 4) is 6.07 Å². The van der Waals surface area contributed by atoms with E-state index in [1.54, 1.807) is 0 Å². The van der Waals surface area contributed by atoms with Crippen molar-refractivity contribution in [1.82, 2.24) is 0 Å². The summed E-state index contributed by atoms with van der Waals surface area (Å²) >= 11 is 0. The maximum atomic E-state index is 9.28. The van der Waals surface area contributed by atoms with E-state index in [2.05, 4.69) is 49.4 Å². The van der Waals surface area contributed by atoms with Crippen molar-refractivity contribution in [1.29, 1.82) is 5.26 Å². The van der Waals surface area contributed by atoms with E-state index >= 15 is 0 Å². The number of nitriles is 1. The quantitative estimate of drug-likeness (QED) is 0.777. The molecule has 0 spiro atoms. The van der Waals surface area contributed by atoms with E-state index < -0.39 is 0 Å². The monoisotopic (exact) mass is 235 g/mol. The number of aryl methyl sites for hydroxylation is 2. The van der Waals surface area contributed by atoms with Crippen LogP contribution in [0.3, 0.4) is 0 Å². The molecule has 18 heavy (non-hydrogen) atoms. The zero-order valence-electron chi connectivity index (χ0n) is 10.6. The van der Waals surface area contributed by atoms with Crippen molar-refractivity contribution in [3.05, 3.63) is 71.3 Å². The highest BCUT2D eigenvalue weighted by atomic mass is 14.3. The molecule has 2 rings (SSSR count). The molecule has 0 unspecified atom stereocenters. The van der Waals surface area contributed by atoms with E-state index in [1.807, 2.05) is 18.2 Å². The van der Waals surface area contributed by atoms with Gasteiger partial charge in [0.2, 0.25) is 0 Å². The van der Waals surface area contributed by atoms with Crippen LogP contribution in [0.5, 0.6) is 0 Å². The first-order valence-corrected chi connectivity index (χ1v) is 6.29. The molecule has 0 N–H and O–H groups in total. The molecule has 0 bridgehead atoms. The Labute approximate surface area is 109 Å². The molecule has 1 heteroatoms. The largest absolute Gasteiger partial charge is 0.198 e. The fourth-order valence-electron chi connectivity index (χ4n) is 2.06. The number of rotatable bonds is 4. The van der Waals surface area contributed by atoms with E-state index in [1.165, 1.54) is 11.1 Å². The Bertz CT molecular complexity index is 520. The van der Waals surface area contributed by atoms with Crippen LogP contribution < -0.4 is 0 Å². The van der Waals surface area contributed by atoms with Gasteiger partial charge in [0.25, 0.3) is 0 Å². The highest BCUT2D eigenvalue weighted by molar-refractivity contribution is 5.28. The average Bonchev–Trinajstić information content (AvgIpc) is 2.42. The van der Waals surface area contributed by atoms with E-state index in [0.29, 0.717) is 0 Å². The third-order valence-corrected chi connectivity index (χ3v) is 3.20. The molecule has 90 valence electrons. The maximum Gasteiger partial charge on any atom is 0.0715 e. The number of hydrogen-bond acceptors (Lipinski definition) is 1. The molecule has 1 atom stereocenters. The minimum atomic E-state index is -0.00851. The molecule has 0 amide bonds. The van der Waals surface area contributed by atoms with Crippen molar-refractivity contribution >= 4 is 0 Å². The summed E-state index contributed by atoms with van der Waals surface area (Å²) in [4.78, 5) is 0. The molecule has 2 aromatic rings. The lowest BCUT2D eigenvalue weighted by atomic mass is 9.93. The lowest BCUT2D eigenvalue weighted by molar-refractivity contribution is 0.746. The van der Waals surface area contributed by atoms with Crippen molar-refractivity contribution in [2.75, 3.05) is 0 Å². The fourth-order valence-corrected chi connectivity index (χ4v) is 2.06. The van der Waals surface area contributed by atoms with E-state index in [-0.39, 0.29) is 5.92 Å². The molecule has 0 saturated carbocycles. The number of benzene rings is 2. The van der Waals surface area contributed by atoms with Crippen LogP contribution in [0.15, 0.2) is 54.6 Å². The zero-order chi connectivity index (χ0) is 12.8. The highest BCUT2D eigenvalue weighted by Gasteiger charge is 2.10. The first-order valence-electron chi connectivity index (χ1n) is 6.29. The van der Waals surface area contributed by atoms with Gasteiger partial charge in [0, 0.05) is 0 Å². The summed E-state index contributed by atoms with van der Waals surface area (Å²) in [5.41, 5.74) is 3.65. The predicted molar refractivity (Wildman–Crippen MR) is 74.3 cm³/mol. The topological polar surface area (TPSA) is 23.8 Å². The van der Waals surface area contributed by atoms with Crippen LogP contribution in [0, 0.1) is 18.3 Å². The van der Waals surface area contributed by atoms with Crippen LogP contribution in [-0.4, -0.2) is 0 Å². The van der Waals surface area contributed by atoms with Crippen LogP contribution in [0.1, 0.15) is 29.0 Å². The van der Waals surface area contributed by atoms with E-state index in [4.69, 9.17) is 0 Å². The zero-order valence-corrected chi connectivity index (χ0v) is 10.6. The van der Waals surface area contributed by atoms with Crippen LogP contribution in [0.4, 0.5) is 0 Å². The van der Waals surface area contributed by atoms with Gasteiger partial charge in [-0.2, -0.15) is 5.26 Å². The Hall–Kier alpha value is -2.07. The minimum Gasteiger partial charge on any atom is -0.198 e. The van der Waals surface area contributed by atoms with Gasteiger partial charge in [-0.3, -0.25) is 0 Å². The molecular formula is C17H17N. The average molecular weight is 235 g/mol. The summed E-state index contributed by atoms with van der Waals surface area (Å²) in [5.74, 6) is -0.00851. The predicted octanol–water partition coefficient (Wildman–Crippen LogP) is 4.24. The number of hydrogen-bond donors (Lipinski definition) is 0. The van der Waals surface area contributed by atoms with Gasteiger partial charge in [0.15, 0.2) is 0 Å². The standard InChI is InChI=1S/C17H17N/c1-14-7-10-16(11-8-14)17(13-18)12-9-15-5-3-2-4-6-15/h2-8,10-11,17H,9,12H2,1H3/t17-/m0/s1. The van der Waals surface area contributed by atoms with Crippen molar-refractivity contribution in [2.24, 2.45) is 0 Å². The second-order valence-electron chi connectivity index (χ2n) is 4.62. The molecule has 0 saturated heterocycles. The molecule has 0 aliphatic rings. The van der Waals surface area contributed by atoms with Crippen LogP contribution in [0.25, 0.3) is 0 Å². The highest BCUT2D eigenvalue weighted by Crippen LogP contribution is 2.21. The lowest BCUT2D eigenvalue weighted by Gasteiger charge is -2.09. The molecule has 0 fully saturated rings. The first-order chi connectivity index (χ1) is 8.79. The Kier molecular flexibility index (Phi) is 4.15. The van der Waals surface area contributed by atoms with Gasteiger partial charge in [-0.25, -0.2) is 0 Å². The van der Waals surface area contributed by atoms with Gasteiger partial charge in [-0.1, -0.05) is 60.2 Å². The Morgan fingerprint density at radius 3 is 2.28 bits per heavy atom. The summed E-state index contributed by atoms with van der Waals surface area (Å²) < 4.78 is 0. The SMILES string of the molecule is Cc1ccc([C@H](C#N)CCc2ccccc2)cc1. The molecule has 0 heterocycles. The van der Waals surface area contributed by atoms with Gasteiger partial charge in [-0.05, 0) is 30.9 Å². The van der Waals surface area contributed by atoms with E-state index in [0.717, 1.165) is 18.4 Å². The van der Waals surface area contributed by atoms with Crippen LogP contribution >= 0.6 is 0 Å². The molecule has 0 radical (unpaired) electrons. The molecular weight excluding hydrogens is 218 g/mol. The van der Waals surface area contributed by atoms with Crippen LogP contribution in [0.2, 0.25) is 0 Å². The molecule has 0 aliphatic carbocycles. The van der Waals surface area contributed by atoms with Gasteiger partial charge < -0.3 is 0 Å². The van der Waals surface area contributed by atoms with Crippen molar-refractivity contribution in [2.45, 2.75) is 25.7 Å². The minimum absolute atomic E-state index is 0.00851. The van der Waals surface area contributed by atoms with Gasteiger partial charge >= 0.3 is 0 Å². The molecule has 2 aromatic carbocycles. The Morgan fingerprint density at radius 2 is 1.67 bits per heavy atom. The summed E-state index contributed by atoms with van der Waals surface area (Å²) in [7, 11) is 0. The van der Waals surface area contributed by atoms with Gasteiger partial charge in [0.05, 0.1) is 12.0 Å². The molecule has 1 nitrogen and oxygen atoms in total. The Morgan fingerprint density at radius 1 is 1.00 bits per heavy atom. The first kappa shape index (κ1) is 12.4. The lowest BCUT2D eigenvalue weighted by Crippen LogP contribution is -1.98. The summed E-state index contributed by atoms with van der Waals surface area (Å²) in [6.45, 7) is 2.06. The second kappa shape index (κ2) is 6.02. The van der Waals surface area contributed by atoms with Gasteiger partial charge in [0.1, 0.15) is 0 Å². The third-order valence-electron chi connectivity index (χ3n) is 3.20. The summed E-state index contributed by atoms with van der Waals surface area (Å²) in [5, 5.41) is 9.28.